The number of H-pyrrole nitrogens is 1. The molecule has 1 heterocycles. The maximum absolute atomic E-state index is 13.8. The van der Waals surface area contributed by atoms with Crippen LogP contribution in [-0.4, -0.2) is 22.8 Å². The number of amides is 1. The van der Waals surface area contributed by atoms with Gasteiger partial charge in [0.1, 0.15) is 17.2 Å². The number of hydrogen-bond acceptors (Lipinski definition) is 2. The Labute approximate surface area is 126 Å². The van der Waals surface area contributed by atoms with Gasteiger partial charge in [-0.2, -0.15) is 0 Å². The first-order chi connectivity index (χ1) is 10.3. The van der Waals surface area contributed by atoms with Crippen LogP contribution in [-0.2, 0) is 0 Å². The summed E-state index contributed by atoms with van der Waals surface area (Å²) in [6.07, 6.45) is 0. The average Bonchev–Trinajstić information content (AvgIpc) is 2.47. The summed E-state index contributed by atoms with van der Waals surface area (Å²) in [6.45, 7) is 3.27. The van der Waals surface area contributed by atoms with Crippen LogP contribution >= 0.6 is 0 Å². The Morgan fingerprint density at radius 2 is 1.91 bits per heavy atom. The number of benzene rings is 1. The largest absolute Gasteiger partial charge is 0.335 e. The van der Waals surface area contributed by atoms with Gasteiger partial charge in [0.2, 0.25) is 0 Å². The van der Waals surface area contributed by atoms with Gasteiger partial charge >= 0.3 is 0 Å². The van der Waals surface area contributed by atoms with Crippen molar-refractivity contribution in [3.8, 4) is 0 Å². The van der Waals surface area contributed by atoms with E-state index in [1.165, 1.54) is 18.0 Å². The lowest BCUT2D eigenvalue weighted by molar-refractivity contribution is 0.0738. The van der Waals surface area contributed by atoms with E-state index < -0.39 is 29.1 Å². The molecule has 1 aromatic carbocycles. The van der Waals surface area contributed by atoms with Crippen molar-refractivity contribution in [1.29, 1.82) is 0 Å². The lowest BCUT2D eigenvalue weighted by Crippen LogP contribution is -2.34. The van der Waals surface area contributed by atoms with Crippen LogP contribution in [0.1, 0.15) is 34.6 Å². The van der Waals surface area contributed by atoms with Gasteiger partial charge in [-0.15, -0.1) is 0 Å². The highest BCUT2D eigenvalue weighted by Gasteiger charge is 2.23. The van der Waals surface area contributed by atoms with Gasteiger partial charge in [-0.25, -0.2) is 8.78 Å². The van der Waals surface area contributed by atoms with E-state index >= 15 is 0 Å². The molecule has 0 radical (unpaired) electrons. The first-order valence-corrected chi connectivity index (χ1v) is 6.73. The second-order valence-electron chi connectivity index (χ2n) is 5.14. The summed E-state index contributed by atoms with van der Waals surface area (Å²) in [5.41, 5.74) is 0.133. The zero-order valence-corrected chi connectivity index (χ0v) is 12.5. The molecule has 1 amide bonds. The molecule has 6 heteroatoms. The summed E-state index contributed by atoms with van der Waals surface area (Å²) in [7, 11) is 1.44. The van der Waals surface area contributed by atoms with Crippen molar-refractivity contribution in [3.63, 3.8) is 0 Å². The third-order valence-electron chi connectivity index (χ3n) is 3.60. The molecule has 0 bridgehead atoms. The minimum absolute atomic E-state index is 0.0447. The van der Waals surface area contributed by atoms with Gasteiger partial charge in [-0.05, 0) is 44.2 Å². The van der Waals surface area contributed by atoms with Crippen LogP contribution < -0.4 is 5.56 Å². The zero-order valence-electron chi connectivity index (χ0n) is 12.5. The molecular formula is C16H16F2N2O2. The number of carbonyl (C=O) groups excluding carboxylic acids is 1. The summed E-state index contributed by atoms with van der Waals surface area (Å²) in [5.74, 6) is -1.75. The lowest BCUT2D eigenvalue weighted by atomic mass is 10.1. The predicted molar refractivity (Wildman–Crippen MR) is 78.7 cm³/mol. The molecule has 1 atom stereocenters. The number of nitrogens with one attached hydrogen (secondary N) is 1. The molecule has 4 nitrogen and oxygen atoms in total. The fraction of sp³-hybridized carbons (Fsp3) is 0.250. The van der Waals surface area contributed by atoms with Crippen LogP contribution in [0.5, 0.6) is 0 Å². The highest BCUT2D eigenvalue weighted by Crippen LogP contribution is 2.23. The molecule has 2 rings (SSSR count). The SMILES string of the molecule is Cc1ccc(C(=O)N(C)C(C)c2cc(F)ccc2F)c(=O)[nH]1. The highest BCUT2D eigenvalue weighted by molar-refractivity contribution is 5.93. The Hall–Kier alpha value is -2.50. The second-order valence-corrected chi connectivity index (χ2v) is 5.14. The number of aromatic nitrogens is 1. The molecule has 22 heavy (non-hydrogen) atoms. The van der Waals surface area contributed by atoms with E-state index in [-0.39, 0.29) is 11.1 Å². The molecular weight excluding hydrogens is 290 g/mol. The van der Waals surface area contributed by atoms with E-state index in [1.807, 2.05) is 0 Å². The van der Waals surface area contributed by atoms with Gasteiger partial charge in [0.05, 0.1) is 6.04 Å². The van der Waals surface area contributed by atoms with Crippen molar-refractivity contribution in [2.24, 2.45) is 0 Å². The number of aromatic amines is 1. The van der Waals surface area contributed by atoms with E-state index in [9.17, 15) is 18.4 Å². The van der Waals surface area contributed by atoms with E-state index in [0.29, 0.717) is 5.69 Å². The number of nitrogens with zero attached hydrogens (tertiary/aromatic N) is 1. The molecule has 0 aliphatic heterocycles. The second kappa shape index (κ2) is 6.09. The van der Waals surface area contributed by atoms with E-state index in [4.69, 9.17) is 0 Å². The van der Waals surface area contributed by atoms with Gasteiger partial charge in [0.15, 0.2) is 0 Å². The van der Waals surface area contributed by atoms with Crippen LogP contribution in [0.3, 0.4) is 0 Å². The van der Waals surface area contributed by atoms with E-state index in [2.05, 4.69) is 4.98 Å². The average molecular weight is 306 g/mol. The first kappa shape index (κ1) is 15.9. The Balaban J connectivity index is 2.34. The molecule has 2 aromatic rings. The number of hydrogen-bond donors (Lipinski definition) is 1. The lowest BCUT2D eigenvalue weighted by Gasteiger charge is -2.25. The number of pyridine rings is 1. The van der Waals surface area contributed by atoms with E-state index in [0.717, 1.165) is 18.2 Å². The summed E-state index contributed by atoms with van der Waals surface area (Å²) in [5, 5.41) is 0. The standard InChI is InChI=1S/C16H16F2N2O2/c1-9-4-6-12(15(21)19-9)16(22)20(3)10(2)13-8-11(17)5-7-14(13)18/h4-8,10H,1-3H3,(H,19,21). The minimum Gasteiger partial charge on any atom is -0.335 e. The Kier molecular flexibility index (Phi) is 4.40. The van der Waals surface area contributed by atoms with Crippen LogP contribution in [0.4, 0.5) is 8.78 Å². The highest BCUT2D eigenvalue weighted by atomic mass is 19.1. The summed E-state index contributed by atoms with van der Waals surface area (Å²) in [6, 6.07) is 5.38. The normalized spacial score (nSPS) is 12.0. The van der Waals surface area contributed by atoms with Gasteiger partial charge < -0.3 is 9.88 Å². The topological polar surface area (TPSA) is 53.2 Å². The fourth-order valence-corrected chi connectivity index (χ4v) is 2.15. The molecule has 0 fully saturated rings. The fourth-order valence-electron chi connectivity index (χ4n) is 2.15. The van der Waals surface area contributed by atoms with Crippen LogP contribution in [0, 0.1) is 18.6 Å². The van der Waals surface area contributed by atoms with Crippen molar-refractivity contribution in [3.05, 3.63) is 69.1 Å². The van der Waals surface area contributed by atoms with Gasteiger partial charge in [-0.3, -0.25) is 9.59 Å². The van der Waals surface area contributed by atoms with Crippen molar-refractivity contribution in [2.45, 2.75) is 19.9 Å². The van der Waals surface area contributed by atoms with Crippen molar-refractivity contribution in [1.82, 2.24) is 9.88 Å². The van der Waals surface area contributed by atoms with Gasteiger partial charge in [0.25, 0.3) is 11.5 Å². The maximum atomic E-state index is 13.8. The number of aryl methyl sites for hydroxylation is 1. The third kappa shape index (κ3) is 3.05. The third-order valence-corrected chi connectivity index (χ3v) is 3.60. The summed E-state index contributed by atoms with van der Waals surface area (Å²) < 4.78 is 27.1. The number of carbonyl (C=O) groups is 1. The van der Waals surface area contributed by atoms with Crippen molar-refractivity contribution >= 4 is 5.91 Å². The molecule has 0 aliphatic carbocycles. The molecule has 1 aromatic heterocycles. The maximum Gasteiger partial charge on any atom is 0.260 e. The van der Waals surface area contributed by atoms with Crippen LogP contribution in [0.2, 0.25) is 0 Å². The molecule has 0 saturated heterocycles. The molecule has 1 unspecified atom stereocenters. The monoisotopic (exact) mass is 306 g/mol. The number of halogens is 2. The molecule has 116 valence electrons. The first-order valence-electron chi connectivity index (χ1n) is 6.73. The van der Waals surface area contributed by atoms with Crippen LogP contribution in [0.15, 0.2) is 35.1 Å². The Morgan fingerprint density at radius 3 is 2.55 bits per heavy atom. The quantitative estimate of drug-likeness (QED) is 0.948. The summed E-state index contributed by atoms with van der Waals surface area (Å²) in [4.78, 5) is 27.9. The molecule has 1 N–H and O–H groups in total. The van der Waals surface area contributed by atoms with E-state index in [1.54, 1.807) is 19.9 Å². The molecule has 0 spiro atoms. The Bertz CT molecular complexity index is 771. The smallest absolute Gasteiger partial charge is 0.260 e. The van der Waals surface area contributed by atoms with Crippen molar-refractivity contribution in [2.75, 3.05) is 7.05 Å². The summed E-state index contributed by atoms with van der Waals surface area (Å²) >= 11 is 0. The Morgan fingerprint density at radius 1 is 1.23 bits per heavy atom. The molecule has 0 aliphatic rings. The molecule has 0 saturated carbocycles. The van der Waals surface area contributed by atoms with Crippen molar-refractivity contribution < 1.29 is 13.6 Å². The number of rotatable bonds is 3. The van der Waals surface area contributed by atoms with Gasteiger partial charge in [0, 0.05) is 18.3 Å². The zero-order chi connectivity index (χ0) is 16.4. The minimum atomic E-state index is -0.719. The van der Waals surface area contributed by atoms with Gasteiger partial charge in [-0.1, -0.05) is 0 Å². The van der Waals surface area contributed by atoms with Crippen LogP contribution in [0.25, 0.3) is 0 Å². The predicted octanol–water partition coefficient (Wildman–Crippen LogP) is 2.79.